The molecule has 1 amide bonds. The normalized spacial score (nSPS) is 14.7. The van der Waals surface area contributed by atoms with E-state index in [2.05, 4.69) is 52.0 Å². The summed E-state index contributed by atoms with van der Waals surface area (Å²) in [6.45, 7) is 6.10. The number of carbonyl (C=O) groups is 1. The molecule has 4 aromatic rings. The molecule has 0 atom stereocenters. The average molecular weight is 419 g/mol. The number of fused-ring (bicyclic) bond motifs is 3. The molecule has 0 bridgehead atoms. The standard InChI is InChI=1S/C24H26N4OS/c1-2-17-5-7-18(8-6-17)20-16-28-21-10-9-19(15-22(21)30-24(28)26-20)23(29)25-11-14-27-12-3-4-13-27/h5-10,15-16H,2-4,11-14H2,1H3,(H,25,29). The van der Waals surface area contributed by atoms with Crippen LogP contribution in [0.25, 0.3) is 26.4 Å². The molecule has 6 heteroatoms. The number of thiazole rings is 1. The van der Waals surface area contributed by atoms with Crippen LogP contribution in [0.5, 0.6) is 0 Å². The van der Waals surface area contributed by atoms with Crippen LogP contribution in [0.2, 0.25) is 0 Å². The zero-order valence-electron chi connectivity index (χ0n) is 17.2. The Labute approximate surface area is 180 Å². The van der Waals surface area contributed by atoms with Gasteiger partial charge in [-0.2, -0.15) is 0 Å². The molecule has 2 aromatic heterocycles. The maximum atomic E-state index is 12.6. The number of hydrogen-bond donors (Lipinski definition) is 1. The third kappa shape index (κ3) is 3.73. The fraction of sp³-hybridized carbons (Fsp3) is 0.333. The zero-order chi connectivity index (χ0) is 20.5. The number of amides is 1. The number of likely N-dealkylation sites (tertiary alicyclic amines) is 1. The van der Waals surface area contributed by atoms with E-state index in [1.807, 2.05) is 18.2 Å². The van der Waals surface area contributed by atoms with Crippen molar-refractivity contribution in [1.29, 1.82) is 0 Å². The number of aromatic nitrogens is 2. The number of hydrogen-bond acceptors (Lipinski definition) is 4. The molecule has 3 heterocycles. The van der Waals surface area contributed by atoms with Crippen molar-refractivity contribution in [2.24, 2.45) is 0 Å². The minimum atomic E-state index is -0.00107. The third-order valence-electron chi connectivity index (χ3n) is 5.93. The fourth-order valence-corrected chi connectivity index (χ4v) is 5.18. The first-order chi connectivity index (χ1) is 14.7. The van der Waals surface area contributed by atoms with Crippen LogP contribution in [-0.2, 0) is 6.42 Å². The lowest BCUT2D eigenvalue weighted by Gasteiger charge is -2.14. The first kappa shape index (κ1) is 19.3. The van der Waals surface area contributed by atoms with Crippen LogP contribution in [0, 0.1) is 0 Å². The fourth-order valence-electron chi connectivity index (χ4n) is 4.13. The Morgan fingerprint density at radius 1 is 1.13 bits per heavy atom. The molecule has 30 heavy (non-hydrogen) atoms. The second kappa shape index (κ2) is 8.20. The van der Waals surface area contributed by atoms with Crippen LogP contribution >= 0.6 is 11.3 Å². The Morgan fingerprint density at radius 3 is 2.70 bits per heavy atom. The highest BCUT2D eigenvalue weighted by molar-refractivity contribution is 7.23. The van der Waals surface area contributed by atoms with Gasteiger partial charge in [0.25, 0.3) is 5.91 Å². The van der Waals surface area contributed by atoms with Gasteiger partial charge in [0.15, 0.2) is 4.96 Å². The molecular formula is C24H26N4OS. The minimum Gasteiger partial charge on any atom is -0.351 e. The number of nitrogens with one attached hydrogen (secondary N) is 1. The summed E-state index contributed by atoms with van der Waals surface area (Å²) in [5, 5.41) is 3.06. The van der Waals surface area contributed by atoms with Crippen LogP contribution in [0.4, 0.5) is 0 Å². The highest BCUT2D eigenvalue weighted by atomic mass is 32.1. The van der Waals surface area contributed by atoms with Gasteiger partial charge < -0.3 is 10.2 Å². The molecule has 5 nitrogen and oxygen atoms in total. The summed E-state index contributed by atoms with van der Waals surface area (Å²) >= 11 is 1.62. The first-order valence-corrected chi connectivity index (χ1v) is 11.5. The first-order valence-electron chi connectivity index (χ1n) is 10.7. The molecule has 1 N–H and O–H groups in total. The Kier molecular flexibility index (Phi) is 5.27. The lowest BCUT2D eigenvalue weighted by atomic mass is 10.1. The number of aryl methyl sites for hydroxylation is 1. The molecule has 0 spiro atoms. The molecule has 0 saturated carbocycles. The minimum absolute atomic E-state index is 0.00107. The molecule has 1 aliphatic heterocycles. The van der Waals surface area contributed by atoms with Crippen LogP contribution in [0.3, 0.4) is 0 Å². The Bertz CT molecular complexity index is 1190. The van der Waals surface area contributed by atoms with Crippen molar-refractivity contribution >= 4 is 32.4 Å². The van der Waals surface area contributed by atoms with E-state index in [4.69, 9.17) is 4.98 Å². The number of nitrogens with zero attached hydrogens (tertiary/aromatic N) is 3. The molecule has 5 rings (SSSR count). The van der Waals surface area contributed by atoms with Crippen molar-refractivity contribution < 1.29 is 4.79 Å². The summed E-state index contributed by atoms with van der Waals surface area (Å²) in [5.74, 6) is -0.00107. The monoisotopic (exact) mass is 418 g/mol. The van der Waals surface area contributed by atoms with Gasteiger partial charge in [0.1, 0.15) is 0 Å². The molecule has 0 radical (unpaired) electrons. The number of rotatable bonds is 6. The molecule has 1 saturated heterocycles. The van der Waals surface area contributed by atoms with Gasteiger partial charge in [0.05, 0.1) is 15.9 Å². The molecule has 154 valence electrons. The smallest absolute Gasteiger partial charge is 0.251 e. The van der Waals surface area contributed by atoms with Gasteiger partial charge in [-0.05, 0) is 56.1 Å². The van der Waals surface area contributed by atoms with Gasteiger partial charge in [-0.15, -0.1) is 0 Å². The van der Waals surface area contributed by atoms with Crippen molar-refractivity contribution in [2.45, 2.75) is 26.2 Å². The van der Waals surface area contributed by atoms with Gasteiger partial charge in [0, 0.05) is 30.4 Å². The van der Waals surface area contributed by atoms with E-state index in [9.17, 15) is 4.79 Å². The third-order valence-corrected chi connectivity index (χ3v) is 6.94. The maximum absolute atomic E-state index is 12.6. The summed E-state index contributed by atoms with van der Waals surface area (Å²) in [6.07, 6.45) is 5.68. The largest absolute Gasteiger partial charge is 0.351 e. The van der Waals surface area contributed by atoms with Crippen LogP contribution in [-0.4, -0.2) is 46.4 Å². The predicted octanol–water partition coefficient (Wildman–Crippen LogP) is 4.60. The van der Waals surface area contributed by atoms with Crippen LogP contribution in [0.15, 0.2) is 48.7 Å². The second-order valence-corrected chi connectivity index (χ2v) is 8.93. The lowest BCUT2D eigenvalue weighted by molar-refractivity contribution is 0.0950. The van der Waals surface area contributed by atoms with Crippen LogP contribution < -0.4 is 5.32 Å². The van der Waals surface area contributed by atoms with E-state index in [-0.39, 0.29) is 5.91 Å². The molecule has 0 unspecified atom stereocenters. The van der Waals surface area contributed by atoms with Gasteiger partial charge in [-0.25, -0.2) is 4.98 Å². The molecular weight excluding hydrogens is 392 g/mol. The van der Waals surface area contributed by atoms with E-state index < -0.39 is 0 Å². The van der Waals surface area contributed by atoms with E-state index >= 15 is 0 Å². The van der Waals surface area contributed by atoms with E-state index in [0.29, 0.717) is 12.1 Å². The average Bonchev–Trinajstić information content (AvgIpc) is 3.49. The molecule has 0 aliphatic carbocycles. The summed E-state index contributed by atoms with van der Waals surface area (Å²) in [5.41, 5.74) is 5.24. The number of carbonyl (C=O) groups excluding carboxylic acids is 1. The lowest BCUT2D eigenvalue weighted by Crippen LogP contribution is -2.33. The van der Waals surface area contributed by atoms with E-state index in [1.165, 1.54) is 18.4 Å². The predicted molar refractivity (Wildman–Crippen MR) is 123 cm³/mol. The summed E-state index contributed by atoms with van der Waals surface area (Å²) < 4.78 is 3.20. The van der Waals surface area contributed by atoms with Crippen molar-refractivity contribution in [3.05, 3.63) is 59.8 Å². The van der Waals surface area contributed by atoms with Crippen molar-refractivity contribution in [3.63, 3.8) is 0 Å². The zero-order valence-corrected chi connectivity index (χ0v) is 18.0. The summed E-state index contributed by atoms with van der Waals surface area (Å²) in [7, 11) is 0. The maximum Gasteiger partial charge on any atom is 0.251 e. The van der Waals surface area contributed by atoms with Gasteiger partial charge >= 0.3 is 0 Å². The van der Waals surface area contributed by atoms with E-state index in [1.54, 1.807) is 11.3 Å². The SMILES string of the molecule is CCc1ccc(-c2cn3c(n2)sc2cc(C(=O)NCCN4CCCC4)ccc23)cc1. The summed E-state index contributed by atoms with van der Waals surface area (Å²) in [4.78, 5) is 20.7. The highest BCUT2D eigenvalue weighted by Crippen LogP contribution is 2.30. The van der Waals surface area contributed by atoms with Crippen molar-refractivity contribution in [1.82, 2.24) is 19.6 Å². The topological polar surface area (TPSA) is 49.6 Å². The van der Waals surface area contributed by atoms with Crippen LogP contribution in [0.1, 0.15) is 35.7 Å². The van der Waals surface area contributed by atoms with Gasteiger partial charge in [0.2, 0.25) is 0 Å². The Balaban J connectivity index is 1.34. The van der Waals surface area contributed by atoms with Gasteiger partial charge in [-0.3, -0.25) is 9.20 Å². The molecule has 1 aliphatic rings. The van der Waals surface area contributed by atoms with Crippen molar-refractivity contribution in [2.75, 3.05) is 26.2 Å². The van der Waals surface area contributed by atoms with E-state index in [0.717, 1.165) is 52.5 Å². The molecule has 2 aromatic carbocycles. The summed E-state index contributed by atoms with van der Waals surface area (Å²) in [6, 6.07) is 14.5. The number of imidazole rings is 1. The Morgan fingerprint density at radius 2 is 1.93 bits per heavy atom. The second-order valence-electron chi connectivity index (χ2n) is 7.92. The number of benzene rings is 2. The highest BCUT2D eigenvalue weighted by Gasteiger charge is 2.14. The van der Waals surface area contributed by atoms with Gasteiger partial charge in [-0.1, -0.05) is 42.5 Å². The Hall–Kier alpha value is -2.70. The molecule has 1 fully saturated rings. The quantitative estimate of drug-likeness (QED) is 0.498. The van der Waals surface area contributed by atoms with Crippen molar-refractivity contribution in [3.8, 4) is 11.3 Å².